The molecule has 0 aliphatic carbocycles. The summed E-state index contributed by atoms with van der Waals surface area (Å²) < 4.78 is 0. The average Bonchev–Trinajstić information content (AvgIpc) is 3.07. The molecular weight excluding hydrogens is 699 g/mol. The van der Waals surface area contributed by atoms with Crippen LogP contribution in [0.1, 0.15) is 36.8 Å². The van der Waals surface area contributed by atoms with E-state index in [0.29, 0.717) is 0 Å². The van der Waals surface area contributed by atoms with Crippen molar-refractivity contribution in [3.05, 3.63) is 163 Å². The predicted molar refractivity (Wildman–Crippen MR) is 177 cm³/mol. The van der Waals surface area contributed by atoms with E-state index < -0.39 is 0 Å². The van der Waals surface area contributed by atoms with Gasteiger partial charge in [-0.15, -0.1) is 35.4 Å². The van der Waals surface area contributed by atoms with Crippen LogP contribution in [0.4, 0.5) is 0 Å². The maximum Gasteiger partial charge on any atom is 0.0160 e. The molecule has 6 rings (SSSR count). The molecule has 1 aromatic heterocycles. The first-order chi connectivity index (χ1) is 20.8. The fourth-order valence-electron chi connectivity index (χ4n) is 5.64. The molecule has 0 aliphatic heterocycles. The number of pyridine rings is 1. The summed E-state index contributed by atoms with van der Waals surface area (Å²) >= 11 is 0. The molecule has 1 nitrogen and oxygen atoms in total. The van der Waals surface area contributed by atoms with Gasteiger partial charge in [0.25, 0.3) is 0 Å². The Kier molecular flexibility index (Phi) is 10.9. The van der Waals surface area contributed by atoms with Gasteiger partial charge < -0.3 is 4.98 Å². The van der Waals surface area contributed by atoms with Crippen LogP contribution in [0.2, 0.25) is 0 Å². The molecule has 0 fully saturated rings. The number of hydrogen-bond acceptors (Lipinski definition) is 1. The van der Waals surface area contributed by atoms with E-state index in [1.54, 1.807) is 0 Å². The van der Waals surface area contributed by atoms with Crippen LogP contribution in [-0.2, 0) is 32.9 Å². The van der Waals surface area contributed by atoms with Gasteiger partial charge in [-0.25, -0.2) is 0 Å². The number of nitrogens with zero attached hydrogens (tertiary/aromatic N) is 1. The van der Waals surface area contributed by atoms with E-state index >= 15 is 0 Å². The van der Waals surface area contributed by atoms with Gasteiger partial charge in [0.05, 0.1) is 0 Å². The molecule has 0 aliphatic rings. The second-order valence-corrected chi connectivity index (χ2v) is 11.0. The number of aryl methyl sites for hydroxylation is 2. The van der Waals surface area contributed by atoms with Crippen LogP contribution in [0.5, 0.6) is 0 Å². The Morgan fingerprint density at radius 3 is 1.60 bits per heavy atom. The van der Waals surface area contributed by atoms with E-state index in [-0.39, 0.29) is 20.1 Å². The van der Waals surface area contributed by atoms with E-state index in [4.69, 9.17) is 0 Å². The molecule has 0 bridgehead atoms. The van der Waals surface area contributed by atoms with Crippen molar-refractivity contribution >= 4 is 0 Å². The summed E-state index contributed by atoms with van der Waals surface area (Å²) in [6.45, 7) is 0. The summed E-state index contributed by atoms with van der Waals surface area (Å²) in [5, 5.41) is 0. The fourth-order valence-corrected chi connectivity index (χ4v) is 5.64. The summed E-state index contributed by atoms with van der Waals surface area (Å²) in [6.07, 6.45) is 9.23. The summed E-state index contributed by atoms with van der Waals surface area (Å²) in [5.74, 6) is 0. The zero-order valence-corrected chi connectivity index (χ0v) is 26.8. The molecular formula is C41H36IrN-. The fraction of sp³-hybridized carbons (Fsp3) is 0.146. The Hall–Kier alpha value is -4.10. The van der Waals surface area contributed by atoms with Crippen LogP contribution in [-0.4, -0.2) is 4.98 Å². The molecule has 2 heteroatoms. The van der Waals surface area contributed by atoms with Crippen molar-refractivity contribution < 1.29 is 20.1 Å². The van der Waals surface area contributed by atoms with Crippen LogP contribution >= 0.6 is 0 Å². The van der Waals surface area contributed by atoms with Crippen LogP contribution in [0, 0.1) is 6.07 Å². The van der Waals surface area contributed by atoms with Crippen molar-refractivity contribution in [2.75, 3.05) is 0 Å². The van der Waals surface area contributed by atoms with E-state index in [1.807, 2.05) is 30.5 Å². The molecule has 0 unspecified atom stereocenters. The number of rotatable bonds is 11. The largest absolute Gasteiger partial charge is 0.305 e. The maximum atomic E-state index is 4.50. The molecule has 0 saturated carbocycles. The third kappa shape index (κ3) is 8.26. The van der Waals surface area contributed by atoms with Gasteiger partial charge >= 0.3 is 0 Å². The molecule has 0 N–H and O–H groups in total. The van der Waals surface area contributed by atoms with Crippen LogP contribution in [0.15, 0.2) is 146 Å². The van der Waals surface area contributed by atoms with Gasteiger partial charge in [-0.3, -0.25) is 0 Å². The SMILES string of the molecule is [Ir].[c-]1ccc(-c2cccc(-c3cccc(-c4cccc(CCCCCCc5ccccc5)c4)c3)c2)cc1-c1ccccn1. The molecule has 5 aromatic carbocycles. The Morgan fingerprint density at radius 2 is 0.977 bits per heavy atom. The second kappa shape index (κ2) is 15.4. The standard InChI is InChI=1S/C41H36N.Ir/c1(4-14-32-15-6-3-7-16-32)2-5-17-33-18-10-19-34(28-33)35-20-11-21-36(29-35)37-22-12-23-38(30-37)39-24-13-25-40(31-39)41-26-8-9-27-42-41;/h3,6-13,15-16,18-24,26-31H,1-2,4-5,14,17H2;/q-1;. The van der Waals surface area contributed by atoms with Gasteiger partial charge in [-0.2, -0.15) is 0 Å². The number of benzene rings is 5. The van der Waals surface area contributed by atoms with Crippen molar-refractivity contribution in [3.63, 3.8) is 0 Å². The van der Waals surface area contributed by atoms with Crippen molar-refractivity contribution in [3.8, 4) is 44.6 Å². The summed E-state index contributed by atoms with van der Waals surface area (Å²) in [4.78, 5) is 4.50. The monoisotopic (exact) mass is 735 g/mol. The molecule has 0 atom stereocenters. The minimum absolute atomic E-state index is 0. The Balaban J connectivity index is 0.00000368. The van der Waals surface area contributed by atoms with Gasteiger partial charge in [-0.1, -0.05) is 116 Å². The van der Waals surface area contributed by atoms with Crippen LogP contribution < -0.4 is 0 Å². The summed E-state index contributed by atoms with van der Waals surface area (Å²) in [7, 11) is 0. The zero-order chi connectivity index (χ0) is 28.4. The summed E-state index contributed by atoms with van der Waals surface area (Å²) in [6, 6.07) is 53.3. The van der Waals surface area contributed by atoms with Gasteiger partial charge in [0, 0.05) is 26.3 Å². The maximum absolute atomic E-state index is 4.50. The first-order valence-corrected chi connectivity index (χ1v) is 15.1. The van der Waals surface area contributed by atoms with Crippen molar-refractivity contribution in [1.82, 2.24) is 4.98 Å². The molecule has 0 saturated heterocycles. The van der Waals surface area contributed by atoms with Crippen LogP contribution in [0.25, 0.3) is 44.6 Å². The topological polar surface area (TPSA) is 12.9 Å². The normalized spacial score (nSPS) is 10.7. The second-order valence-electron chi connectivity index (χ2n) is 11.0. The van der Waals surface area contributed by atoms with Gasteiger partial charge in [0.1, 0.15) is 0 Å². The quantitative estimate of drug-likeness (QED) is 0.0954. The van der Waals surface area contributed by atoms with E-state index in [2.05, 4.69) is 126 Å². The van der Waals surface area contributed by atoms with Crippen LogP contribution in [0.3, 0.4) is 0 Å². The molecule has 0 amide bonds. The third-order valence-corrected chi connectivity index (χ3v) is 7.92. The van der Waals surface area contributed by atoms with Crippen molar-refractivity contribution in [2.45, 2.75) is 38.5 Å². The predicted octanol–water partition coefficient (Wildman–Crippen LogP) is 10.9. The van der Waals surface area contributed by atoms with E-state index in [1.165, 1.54) is 76.6 Å². The summed E-state index contributed by atoms with van der Waals surface area (Å²) in [5.41, 5.74) is 12.2. The smallest absolute Gasteiger partial charge is 0.0160 e. The molecule has 215 valence electrons. The molecule has 0 spiro atoms. The molecule has 1 heterocycles. The van der Waals surface area contributed by atoms with Gasteiger partial charge in [0.15, 0.2) is 0 Å². The van der Waals surface area contributed by atoms with Crippen molar-refractivity contribution in [1.29, 1.82) is 0 Å². The number of hydrogen-bond donors (Lipinski definition) is 0. The Labute approximate surface area is 270 Å². The van der Waals surface area contributed by atoms with E-state index in [0.717, 1.165) is 17.7 Å². The first kappa shape index (κ1) is 30.4. The third-order valence-electron chi connectivity index (χ3n) is 7.92. The zero-order valence-electron chi connectivity index (χ0n) is 24.4. The first-order valence-electron chi connectivity index (χ1n) is 15.1. The molecule has 1 radical (unpaired) electrons. The number of aromatic nitrogens is 1. The van der Waals surface area contributed by atoms with Gasteiger partial charge in [0.2, 0.25) is 0 Å². The Morgan fingerprint density at radius 1 is 0.442 bits per heavy atom. The minimum Gasteiger partial charge on any atom is -0.305 e. The molecule has 6 aromatic rings. The van der Waals surface area contributed by atoms with Crippen molar-refractivity contribution in [2.24, 2.45) is 0 Å². The average molecular weight is 735 g/mol. The Bertz CT molecular complexity index is 1730. The van der Waals surface area contributed by atoms with E-state index in [9.17, 15) is 0 Å². The number of unbranched alkanes of at least 4 members (excludes halogenated alkanes) is 3. The molecule has 43 heavy (non-hydrogen) atoms. The minimum atomic E-state index is 0. The van der Waals surface area contributed by atoms with Gasteiger partial charge in [-0.05, 0) is 88.5 Å².